The van der Waals surface area contributed by atoms with Crippen molar-refractivity contribution in [3.05, 3.63) is 35.4 Å². The Morgan fingerprint density at radius 2 is 1.83 bits per heavy atom. The van der Waals surface area contributed by atoms with E-state index in [1.165, 1.54) is 11.1 Å². The predicted octanol–water partition coefficient (Wildman–Crippen LogP) is 0.952. The molecule has 0 aliphatic carbocycles. The summed E-state index contributed by atoms with van der Waals surface area (Å²) in [5.41, 5.74) is 2.42. The fraction of sp³-hybridized carbons (Fsp3) is 0.611. The molecule has 0 unspecified atom stereocenters. The van der Waals surface area contributed by atoms with E-state index in [4.69, 9.17) is 0 Å². The van der Waals surface area contributed by atoms with E-state index in [1.54, 1.807) is 0 Å². The molecule has 5 nitrogen and oxygen atoms in total. The second-order valence-electron chi connectivity index (χ2n) is 6.60. The van der Waals surface area contributed by atoms with Crippen molar-refractivity contribution >= 4 is 5.91 Å². The van der Waals surface area contributed by atoms with Crippen molar-refractivity contribution in [2.24, 2.45) is 0 Å². The third-order valence-corrected chi connectivity index (χ3v) is 4.44. The number of benzene rings is 1. The number of rotatable bonds is 6. The number of aliphatic hydroxyl groups is 1. The minimum Gasteiger partial charge on any atom is -0.392 e. The Balaban J connectivity index is 1.77. The van der Waals surface area contributed by atoms with E-state index in [9.17, 15) is 9.90 Å². The molecule has 1 fully saturated rings. The first kappa shape index (κ1) is 17.9. The topological polar surface area (TPSA) is 47.0 Å². The van der Waals surface area contributed by atoms with Gasteiger partial charge >= 0.3 is 0 Å². The zero-order chi connectivity index (χ0) is 16.8. The van der Waals surface area contributed by atoms with Gasteiger partial charge < -0.3 is 10.0 Å². The molecule has 1 aliphatic rings. The van der Waals surface area contributed by atoms with E-state index in [0.717, 1.165) is 32.7 Å². The quantitative estimate of drug-likeness (QED) is 0.848. The summed E-state index contributed by atoms with van der Waals surface area (Å²) in [7, 11) is 1.87. The Morgan fingerprint density at radius 1 is 1.22 bits per heavy atom. The molecule has 1 N–H and O–H groups in total. The predicted molar refractivity (Wildman–Crippen MR) is 92.2 cm³/mol. The van der Waals surface area contributed by atoms with E-state index >= 15 is 0 Å². The van der Waals surface area contributed by atoms with Crippen molar-refractivity contribution in [2.75, 3.05) is 46.3 Å². The van der Waals surface area contributed by atoms with E-state index in [0.29, 0.717) is 13.1 Å². The van der Waals surface area contributed by atoms with Crippen molar-refractivity contribution in [3.63, 3.8) is 0 Å². The molecule has 0 spiro atoms. The van der Waals surface area contributed by atoms with Crippen LogP contribution in [0.25, 0.3) is 0 Å². The summed E-state index contributed by atoms with van der Waals surface area (Å²) in [5, 5.41) is 9.44. The number of aliphatic hydroxyl groups excluding tert-OH is 1. The summed E-state index contributed by atoms with van der Waals surface area (Å²) < 4.78 is 0. The highest BCUT2D eigenvalue weighted by Gasteiger charge is 2.21. The summed E-state index contributed by atoms with van der Waals surface area (Å²) >= 11 is 0. The number of carbonyl (C=O) groups excluding carboxylic acids is 1. The summed E-state index contributed by atoms with van der Waals surface area (Å²) in [4.78, 5) is 18.7. The molecule has 0 aromatic heterocycles. The summed E-state index contributed by atoms with van der Waals surface area (Å²) in [5.74, 6) is 0.164. The number of β-amino-alcohol motifs (C(OH)–C–C–N with tert-alkyl or cyclic N) is 1. The fourth-order valence-electron chi connectivity index (χ4n) is 2.95. The minimum atomic E-state index is -0.288. The van der Waals surface area contributed by atoms with Gasteiger partial charge in [-0.3, -0.25) is 14.6 Å². The molecule has 0 radical (unpaired) electrons. The number of piperazine rings is 1. The first-order valence-electron chi connectivity index (χ1n) is 8.37. The Bertz CT molecular complexity index is 511. The Kier molecular flexibility index (Phi) is 6.57. The molecule has 0 bridgehead atoms. The normalized spacial score (nSPS) is 17.9. The molecular weight excluding hydrogens is 290 g/mol. The first-order chi connectivity index (χ1) is 11.0. The lowest BCUT2D eigenvalue weighted by molar-refractivity contribution is -0.132. The Hall–Kier alpha value is -1.43. The summed E-state index contributed by atoms with van der Waals surface area (Å²) in [6.45, 7) is 9.35. The highest BCUT2D eigenvalue weighted by atomic mass is 16.3. The molecule has 1 aromatic carbocycles. The minimum absolute atomic E-state index is 0.164. The highest BCUT2D eigenvalue weighted by Crippen LogP contribution is 2.10. The van der Waals surface area contributed by atoms with Crippen molar-refractivity contribution in [2.45, 2.75) is 26.5 Å². The number of carbonyl (C=O) groups is 1. The monoisotopic (exact) mass is 319 g/mol. The van der Waals surface area contributed by atoms with Crippen molar-refractivity contribution in [1.82, 2.24) is 14.7 Å². The van der Waals surface area contributed by atoms with Crippen LogP contribution in [0.5, 0.6) is 0 Å². The van der Waals surface area contributed by atoms with Gasteiger partial charge in [0.05, 0.1) is 12.6 Å². The number of nitrogens with zero attached hydrogens (tertiary/aromatic N) is 3. The Morgan fingerprint density at radius 3 is 2.43 bits per heavy atom. The van der Waals surface area contributed by atoms with Gasteiger partial charge in [0.25, 0.3) is 0 Å². The SMILES string of the molecule is Cc1ccccc1CN(C)C(=O)CN1CCN(C[C@@H](C)O)CC1. The molecule has 1 atom stereocenters. The van der Waals surface area contributed by atoms with Crippen LogP contribution < -0.4 is 0 Å². The van der Waals surface area contributed by atoms with Gasteiger partial charge in [-0.1, -0.05) is 24.3 Å². The highest BCUT2D eigenvalue weighted by molar-refractivity contribution is 5.78. The van der Waals surface area contributed by atoms with Gasteiger partial charge in [-0.25, -0.2) is 0 Å². The van der Waals surface area contributed by atoms with Gasteiger partial charge in [0.15, 0.2) is 0 Å². The number of amides is 1. The maximum absolute atomic E-state index is 12.4. The molecule has 5 heteroatoms. The van der Waals surface area contributed by atoms with Crippen molar-refractivity contribution in [1.29, 1.82) is 0 Å². The van der Waals surface area contributed by atoms with Gasteiger partial charge in [0.1, 0.15) is 0 Å². The third-order valence-electron chi connectivity index (χ3n) is 4.44. The molecular formula is C18H29N3O2. The van der Waals surface area contributed by atoms with Crippen LogP contribution in [0.4, 0.5) is 0 Å². The van der Waals surface area contributed by atoms with Crippen LogP contribution in [0.3, 0.4) is 0 Å². The Labute approximate surface area is 139 Å². The van der Waals surface area contributed by atoms with Crippen LogP contribution in [0.15, 0.2) is 24.3 Å². The number of likely N-dealkylation sites (N-methyl/N-ethyl adjacent to an activating group) is 1. The zero-order valence-corrected chi connectivity index (χ0v) is 14.5. The smallest absolute Gasteiger partial charge is 0.236 e. The largest absolute Gasteiger partial charge is 0.392 e. The maximum Gasteiger partial charge on any atom is 0.236 e. The van der Waals surface area contributed by atoms with Gasteiger partial charge in [-0.2, -0.15) is 0 Å². The first-order valence-corrected chi connectivity index (χ1v) is 8.37. The van der Waals surface area contributed by atoms with Crippen LogP contribution >= 0.6 is 0 Å². The summed E-state index contributed by atoms with van der Waals surface area (Å²) in [6, 6.07) is 8.19. The average Bonchev–Trinajstić information content (AvgIpc) is 2.51. The fourth-order valence-corrected chi connectivity index (χ4v) is 2.95. The average molecular weight is 319 g/mol. The van der Waals surface area contributed by atoms with Crippen molar-refractivity contribution < 1.29 is 9.90 Å². The van der Waals surface area contributed by atoms with Gasteiger partial charge in [-0.15, -0.1) is 0 Å². The lowest BCUT2D eigenvalue weighted by Crippen LogP contribution is -2.50. The standard InChI is InChI=1S/C18H29N3O2/c1-15-6-4-5-7-17(15)13-19(3)18(23)14-21-10-8-20(9-11-21)12-16(2)22/h4-7,16,22H,8-14H2,1-3H3/t16-/m1/s1. The van der Waals surface area contributed by atoms with Crippen LogP contribution in [0.1, 0.15) is 18.1 Å². The molecule has 0 saturated carbocycles. The second-order valence-corrected chi connectivity index (χ2v) is 6.60. The summed E-state index contributed by atoms with van der Waals surface area (Å²) in [6.07, 6.45) is -0.288. The molecule has 1 aliphatic heterocycles. The van der Waals surface area contributed by atoms with Crippen LogP contribution in [-0.4, -0.2) is 78.1 Å². The van der Waals surface area contributed by atoms with Gasteiger partial charge in [0.2, 0.25) is 5.91 Å². The van der Waals surface area contributed by atoms with Gasteiger partial charge in [-0.05, 0) is 25.0 Å². The molecule has 2 rings (SSSR count). The lowest BCUT2D eigenvalue weighted by atomic mass is 10.1. The van der Waals surface area contributed by atoms with E-state index in [-0.39, 0.29) is 12.0 Å². The van der Waals surface area contributed by atoms with E-state index in [1.807, 2.05) is 31.0 Å². The number of hydrogen-bond donors (Lipinski definition) is 1. The van der Waals surface area contributed by atoms with E-state index < -0.39 is 0 Å². The molecule has 1 amide bonds. The van der Waals surface area contributed by atoms with E-state index in [2.05, 4.69) is 28.9 Å². The van der Waals surface area contributed by atoms with Crippen LogP contribution in [0.2, 0.25) is 0 Å². The third kappa shape index (κ3) is 5.61. The molecule has 128 valence electrons. The van der Waals surface area contributed by atoms with Crippen molar-refractivity contribution in [3.8, 4) is 0 Å². The zero-order valence-electron chi connectivity index (χ0n) is 14.5. The molecule has 1 aromatic rings. The van der Waals surface area contributed by atoms with Gasteiger partial charge in [0, 0.05) is 46.3 Å². The molecule has 1 heterocycles. The van der Waals surface area contributed by atoms with Crippen LogP contribution in [-0.2, 0) is 11.3 Å². The number of hydrogen-bond acceptors (Lipinski definition) is 4. The molecule has 23 heavy (non-hydrogen) atoms. The lowest BCUT2D eigenvalue weighted by Gasteiger charge is -2.35. The van der Waals surface area contributed by atoms with Crippen LogP contribution in [0, 0.1) is 6.92 Å². The molecule has 1 saturated heterocycles. The second kappa shape index (κ2) is 8.43. The maximum atomic E-state index is 12.4. The number of aryl methyl sites for hydroxylation is 1.